The molecule has 1 heterocycles. The van der Waals surface area contributed by atoms with Gasteiger partial charge < -0.3 is 10.6 Å². The van der Waals surface area contributed by atoms with Gasteiger partial charge in [-0.15, -0.1) is 0 Å². The zero-order chi connectivity index (χ0) is 10.4. The van der Waals surface area contributed by atoms with Crippen LogP contribution in [-0.4, -0.2) is 23.6 Å². The molecule has 4 heteroatoms. The minimum absolute atomic E-state index is 0.607. The first-order valence-electron chi connectivity index (χ1n) is 5.02. The van der Waals surface area contributed by atoms with E-state index >= 15 is 0 Å². The molecule has 0 saturated carbocycles. The number of nitrogen functional groups attached to an aromatic ring is 1. The molecular weight excluding hydrogens is 176 g/mol. The molecule has 0 aliphatic carbocycles. The monoisotopic (exact) mass is 194 g/mol. The molecule has 1 aromatic heterocycles. The Balaban J connectivity index is 2.43. The molecule has 0 fully saturated rings. The van der Waals surface area contributed by atoms with Gasteiger partial charge in [0.2, 0.25) is 5.95 Å². The Kier molecular flexibility index (Phi) is 4.16. The lowest BCUT2D eigenvalue weighted by molar-refractivity contribution is 0.696. The van der Waals surface area contributed by atoms with Gasteiger partial charge in [-0.1, -0.05) is 19.8 Å². The Morgan fingerprint density at radius 3 is 2.50 bits per heavy atom. The number of hydrogen-bond donors (Lipinski definition) is 1. The van der Waals surface area contributed by atoms with Gasteiger partial charge in [-0.05, 0) is 6.42 Å². The number of nitrogens with two attached hydrogens (primary N) is 1. The van der Waals surface area contributed by atoms with Crippen molar-refractivity contribution in [1.82, 2.24) is 9.97 Å². The predicted octanol–water partition coefficient (Wildman–Crippen LogP) is 1.69. The van der Waals surface area contributed by atoms with Gasteiger partial charge in [0.25, 0.3) is 0 Å². The first-order chi connectivity index (χ1) is 6.74. The van der Waals surface area contributed by atoms with Gasteiger partial charge in [-0.2, -0.15) is 0 Å². The maximum absolute atomic E-state index is 5.50. The fourth-order valence-electron chi connectivity index (χ4n) is 1.23. The van der Waals surface area contributed by atoms with Crippen LogP contribution >= 0.6 is 0 Å². The third-order valence-corrected chi connectivity index (χ3v) is 2.10. The van der Waals surface area contributed by atoms with Crippen molar-refractivity contribution in [2.75, 3.05) is 24.2 Å². The van der Waals surface area contributed by atoms with Crippen LogP contribution in [0.15, 0.2) is 12.4 Å². The SMILES string of the molecule is CCCCCN(C)c1ncc(N)cn1. The highest BCUT2D eigenvalue weighted by Gasteiger charge is 2.02. The summed E-state index contributed by atoms with van der Waals surface area (Å²) in [5.41, 5.74) is 6.11. The van der Waals surface area contributed by atoms with E-state index < -0.39 is 0 Å². The number of aromatic nitrogens is 2. The summed E-state index contributed by atoms with van der Waals surface area (Å²) >= 11 is 0. The highest BCUT2D eigenvalue weighted by molar-refractivity contribution is 5.37. The Bertz CT molecular complexity index is 257. The molecule has 0 atom stereocenters. The van der Waals surface area contributed by atoms with E-state index in [1.54, 1.807) is 12.4 Å². The average molecular weight is 194 g/mol. The zero-order valence-corrected chi connectivity index (χ0v) is 8.90. The lowest BCUT2D eigenvalue weighted by atomic mass is 10.2. The Labute approximate surface area is 85.2 Å². The van der Waals surface area contributed by atoms with Crippen molar-refractivity contribution in [3.05, 3.63) is 12.4 Å². The summed E-state index contributed by atoms with van der Waals surface area (Å²) in [7, 11) is 2.00. The van der Waals surface area contributed by atoms with E-state index in [4.69, 9.17) is 5.73 Å². The van der Waals surface area contributed by atoms with Gasteiger partial charge in [0, 0.05) is 13.6 Å². The quantitative estimate of drug-likeness (QED) is 0.725. The van der Waals surface area contributed by atoms with Crippen LogP contribution in [-0.2, 0) is 0 Å². The summed E-state index contributed by atoms with van der Waals surface area (Å²) in [6.45, 7) is 3.19. The Morgan fingerprint density at radius 1 is 1.29 bits per heavy atom. The second kappa shape index (κ2) is 5.42. The van der Waals surface area contributed by atoms with Crippen LogP contribution in [0, 0.1) is 0 Å². The maximum atomic E-state index is 5.50. The molecule has 0 saturated heterocycles. The molecule has 0 amide bonds. The number of unbranched alkanes of at least 4 members (excludes halogenated alkanes) is 2. The molecule has 0 unspecified atom stereocenters. The van der Waals surface area contributed by atoms with E-state index in [0.29, 0.717) is 5.69 Å². The van der Waals surface area contributed by atoms with E-state index in [2.05, 4.69) is 21.8 Å². The van der Waals surface area contributed by atoms with Crippen LogP contribution in [0.2, 0.25) is 0 Å². The van der Waals surface area contributed by atoms with Crippen molar-refractivity contribution in [2.45, 2.75) is 26.2 Å². The molecule has 0 aliphatic heterocycles. The number of nitrogens with zero attached hydrogens (tertiary/aromatic N) is 3. The largest absolute Gasteiger partial charge is 0.396 e. The van der Waals surface area contributed by atoms with Gasteiger partial charge in [0.1, 0.15) is 0 Å². The summed E-state index contributed by atoms with van der Waals surface area (Å²) in [5.74, 6) is 0.746. The van der Waals surface area contributed by atoms with Crippen molar-refractivity contribution in [1.29, 1.82) is 0 Å². The average Bonchev–Trinajstić information content (AvgIpc) is 2.19. The Morgan fingerprint density at radius 2 is 1.93 bits per heavy atom. The third kappa shape index (κ3) is 3.20. The molecule has 1 rings (SSSR count). The van der Waals surface area contributed by atoms with Gasteiger partial charge >= 0.3 is 0 Å². The van der Waals surface area contributed by atoms with Crippen LogP contribution in [0.1, 0.15) is 26.2 Å². The van der Waals surface area contributed by atoms with E-state index in [9.17, 15) is 0 Å². The predicted molar refractivity (Wildman–Crippen MR) is 59.2 cm³/mol. The van der Waals surface area contributed by atoms with Gasteiger partial charge in [-0.3, -0.25) is 0 Å². The molecule has 0 spiro atoms. The first-order valence-corrected chi connectivity index (χ1v) is 5.02. The smallest absolute Gasteiger partial charge is 0.225 e. The molecule has 1 aromatic rings. The number of hydrogen-bond acceptors (Lipinski definition) is 4. The third-order valence-electron chi connectivity index (χ3n) is 2.10. The molecule has 4 nitrogen and oxygen atoms in total. The normalized spacial score (nSPS) is 10.1. The van der Waals surface area contributed by atoms with Gasteiger partial charge in [-0.25, -0.2) is 9.97 Å². The van der Waals surface area contributed by atoms with Crippen molar-refractivity contribution in [3.63, 3.8) is 0 Å². The van der Waals surface area contributed by atoms with E-state index in [1.807, 2.05) is 7.05 Å². The zero-order valence-electron chi connectivity index (χ0n) is 8.90. The summed E-state index contributed by atoms with van der Waals surface area (Å²) in [6, 6.07) is 0. The molecule has 0 bridgehead atoms. The van der Waals surface area contributed by atoms with E-state index in [-0.39, 0.29) is 0 Å². The highest BCUT2D eigenvalue weighted by Crippen LogP contribution is 2.07. The Hall–Kier alpha value is -1.32. The minimum Gasteiger partial charge on any atom is -0.396 e. The standard InChI is InChI=1S/C10H18N4/c1-3-4-5-6-14(2)10-12-7-9(11)8-13-10/h7-8H,3-6,11H2,1-2H3. The van der Waals surface area contributed by atoms with E-state index in [1.165, 1.54) is 19.3 Å². The van der Waals surface area contributed by atoms with Crippen molar-refractivity contribution >= 4 is 11.6 Å². The van der Waals surface area contributed by atoms with E-state index in [0.717, 1.165) is 12.5 Å². The second-order valence-electron chi connectivity index (χ2n) is 3.45. The van der Waals surface area contributed by atoms with Gasteiger partial charge in [0.15, 0.2) is 0 Å². The minimum atomic E-state index is 0.607. The summed E-state index contributed by atoms with van der Waals surface area (Å²) < 4.78 is 0. The molecule has 0 aliphatic rings. The van der Waals surface area contributed by atoms with Crippen LogP contribution < -0.4 is 10.6 Å². The fraction of sp³-hybridized carbons (Fsp3) is 0.600. The second-order valence-corrected chi connectivity index (χ2v) is 3.45. The summed E-state index contributed by atoms with van der Waals surface area (Å²) in [4.78, 5) is 10.3. The molecule has 0 radical (unpaired) electrons. The van der Waals surface area contributed by atoms with Crippen LogP contribution in [0.25, 0.3) is 0 Å². The topological polar surface area (TPSA) is 55.0 Å². The van der Waals surface area contributed by atoms with Crippen molar-refractivity contribution < 1.29 is 0 Å². The van der Waals surface area contributed by atoms with Crippen LogP contribution in [0.4, 0.5) is 11.6 Å². The maximum Gasteiger partial charge on any atom is 0.225 e. The first kappa shape index (κ1) is 10.8. The number of rotatable bonds is 5. The highest BCUT2D eigenvalue weighted by atomic mass is 15.2. The van der Waals surface area contributed by atoms with Crippen LogP contribution in [0.5, 0.6) is 0 Å². The van der Waals surface area contributed by atoms with Gasteiger partial charge in [0.05, 0.1) is 18.1 Å². The van der Waals surface area contributed by atoms with Crippen LogP contribution in [0.3, 0.4) is 0 Å². The van der Waals surface area contributed by atoms with Crippen molar-refractivity contribution in [2.24, 2.45) is 0 Å². The molecule has 2 N–H and O–H groups in total. The molecule has 14 heavy (non-hydrogen) atoms. The number of anilines is 2. The van der Waals surface area contributed by atoms with Crippen molar-refractivity contribution in [3.8, 4) is 0 Å². The lowest BCUT2D eigenvalue weighted by Crippen LogP contribution is -2.20. The summed E-state index contributed by atoms with van der Waals surface area (Å²) in [5, 5.41) is 0. The molecule has 78 valence electrons. The summed E-state index contributed by atoms with van der Waals surface area (Å²) in [6.07, 6.45) is 6.94. The molecule has 0 aromatic carbocycles. The molecular formula is C10H18N4. The fourth-order valence-corrected chi connectivity index (χ4v) is 1.23. The lowest BCUT2D eigenvalue weighted by Gasteiger charge is -2.16.